The van der Waals surface area contributed by atoms with E-state index in [2.05, 4.69) is 31.0 Å². The van der Waals surface area contributed by atoms with E-state index in [0.717, 1.165) is 25.6 Å². The lowest BCUT2D eigenvalue weighted by atomic mass is 9.69. The van der Waals surface area contributed by atoms with E-state index in [9.17, 15) is 0 Å². The van der Waals surface area contributed by atoms with Gasteiger partial charge >= 0.3 is 0 Å². The minimum atomic E-state index is 0.397. The summed E-state index contributed by atoms with van der Waals surface area (Å²) in [5.74, 6) is 0.892. The summed E-state index contributed by atoms with van der Waals surface area (Å²) in [5, 5.41) is 3.72. The van der Waals surface area contributed by atoms with Crippen LogP contribution < -0.4 is 5.32 Å². The zero-order valence-corrected chi connectivity index (χ0v) is 14.5. The third-order valence-electron chi connectivity index (χ3n) is 5.21. The van der Waals surface area contributed by atoms with Gasteiger partial charge in [0.05, 0.1) is 6.10 Å². The van der Waals surface area contributed by atoms with Crippen molar-refractivity contribution in [2.75, 3.05) is 39.3 Å². The Morgan fingerprint density at radius 3 is 2.90 bits per heavy atom. The summed E-state index contributed by atoms with van der Waals surface area (Å²) in [6, 6.07) is 0. The first-order valence-corrected chi connectivity index (χ1v) is 9.18. The van der Waals surface area contributed by atoms with Gasteiger partial charge in [-0.3, -0.25) is 0 Å². The van der Waals surface area contributed by atoms with Crippen molar-refractivity contribution in [2.24, 2.45) is 11.3 Å². The highest BCUT2D eigenvalue weighted by molar-refractivity contribution is 4.90. The largest absolute Gasteiger partial charge is 0.377 e. The molecule has 0 aromatic rings. The first-order valence-electron chi connectivity index (χ1n) is 9.18. The van der Waals surface area contributed by atoms with E-state index in [0.29, 0.717) is 11.5 Å². The Kier molecular flexibility index (Phi) is 6.97. The van der Waals surface area contributed by atoms with Gasteiger partial charge in [-0.15, -0.1) is 0 Å². The molecule has 0 spiro atoms. The Morgan fingerprint density at radius 1 is 1.29 bits per heavy atom. The summed E-state index contributed by atoms with van der Waals surface area (Å²) >= 11 is 0. The number of ether oxygens (including phenoxy) is 1. The van der Waals surface area contributed by atoms with Crippen LogP contribution in [-0.4, -0.2) is 50.3 Å². The number of nitrogens with one attached hydrogen (secondary N) is 1. The van der Waals surface area contributed by atoms with E-state index in [1.54, 1.807) is 0 Å². The van der Waals surface area contributed by atoms with Gasteiger partial charge in [0.15, 0.2) is 0 Å². The monoisotopic (exact) mass is 296 g/mol. The van der Waals surface area contributed by atoms with Gasteiger partial charge in [-0.25, -0.2) is 0 Å². The minimum Gasteiger partial charge on any atom is -0.377 e. The Morgan fingerprint density at radius 2 is 2.14 bits per heavy atom. The van der Waals surface area contributed by atoms with Crippen molar-refractivity contribution >= 4 is 0 Å². The lowest BCUT2D eigenvalue weighted by Gasteiger charge is -2.43. The maximum Gasteiger partial charge on any atom is 0.0673 e. The van der Waals surface area contributed by atoms with E-state index >= 15 is 0 Å². The van der Waals surface area contributed by atoms with Gasteiger partial charge in [0, 0.05) is 32.8 Å². The van der Waals surface area contributed by atoms with Gasteiger partial charge in [-0.1, -0.05) is 26.7 Å². The topological polar surface area (TPSA) is 24.5 Å². The maximum absolute atomic E-state index is 5.82. The van der Waals surface area contributed by atoms with Crippen molar-refractivity contribution in [2.45, 2.75) is 65.4 Å². The van der Waals surface area contributed by atoms with Crippen molar-refractivity contribution in [3.63, 3.8) is 0 Å². The molecule has 3 nitrogen and oxygen atoms in total. The molecule has 2 aliphatic rings. The fourth-order valence-electron chi connectivity index (χ4n) is 4.36. The van der Waals surface area contributed by atoms with Crippen LogP contribution in [0.3, 0.4) is 0 Å². The first kappa shape index (κ1) is 17.2. The molecule has 2 rings (SSSR count). The number of rotatable bonds is 6. The third-order valence-corrected chi connectivity index (χ3v) is 5.21. The molecule has 0 aromatic carbocycles. The maximum atomic E-state index is 5.82. The Labute approximate surface area is 131 Å². The zero-order chi connectivity index (χ0) is 15.1. The molecule has 3 unspecified atom stereocenters. The summed E-state index contributed by atoms with van der Waals surface area (Å²) < 4.78 is 5.82. The molecule has 1 aliphatic carbocycles. The predicted molar refractivity (Wildman–Crippen MR) is 89.7 cm³/mol. The average Bonchev–Trinajstić information content (AvgIpc) is 2.63. The van der Waals surface area contributed by atoms with Crippen LogP contribution in [0, 0.1) is 11.3 Å². The molecule has 3 heteroatoms. The highest BCUT2D eigenvalue weighted by atomic mass is 16.5. The molecule has 0 amide bonds. The minimum absolute atomic E-state index is 0.397. The van der Waals surface area contributed by atoms with Crippen LogP contribution in [0.5, 0.6) is 0 Å². The predicted octanol–water partition coefficient (Wildman–Crippen LogP) is 3.29. The molecular weight excluding hydrogens is 260 g/mol. The van der Waals surface area contributed by atoms with E-state index in [-0.39, 0.29) is 0 Å². The number of nitrogens with zero attached hydrogens (tertiary/aromatic N) is 1. The molecule has 1 aliphatic heterocycles. The Hall–Kier alpha value is -0.120. The van der Waals surface area contributed by atoms with Crippen LogP contribution in [0.15, 0.2) is 0 Å². The highest BCUT2D eigenvalue weighted by Crippen LogP contribution is 2.39. The third kappa shape index (κ3) is 5.54. The lowest BCUT2D eigenvalue weighted by molar-refractivity contribution is 0.0455. The molecule has 0 radical (unpaired) electrons. The van der Waals surface area contributed by atoms with Gasteiger partial charge in [-0.2, -0.15) is 0 Å². The van der Waals surface area contributed by atoms with Gasteiger partial charge < -0.3 is 15.0 Å². The Balaban J connectivity index is 1.96. The summed E-state index contributed by atoms with van der Waals surface area (Å²) in [6.07, 6.45) is 8.46. The van der Waals surface area contributed by atoms with Crippen LogP contribution in [0.25, 0.3) is 0 Å². The molecule has 2 fully saturated rings. The average molecular weight is 296 g/mol. The van der Waals surface area contributed by atoms with E-state index in [1.165, 1.54) is 58.2 Å². The van der Waals surface area contributed by atoms with Gasteiger partial charge in [0.1, 0.15) is 0 Å². The second-order valence-corrected chi connectivity index (χ2v) is 7.65. The van der Waals surface area contributed by atoms with Gasteiger partial charge in [-0.05, 0) is 50.5 Å². The zero-order valence-electron chi connectivity index (χ0n) is 14.5. The SMILES string of the molecule is CCCNCC1(CN2CCCOC(C)C2)CCCC(C)C1. The van der Waals surface area contributed by atoms with Gasteiger partial charge in [0.2, 0.25) is 0 Å². The lowest BCUT2D eigenvalue weighted by Crippen LogP contribution is -2.48. The van der Waals surface area contributed by atoms with E-state index < -0.39 is 0 Å². The summed E-state index contributed by atoms with van der Waals surface area (Å²) in [6.45, 7) is 13.8. The van der Waals surface area contributed by atoms with E-state index in [4.69, 9.17) is 4.74 Å². The fourth-order valence-corrected chi connectivity index (χ4v) is 4.36. The van der Waals surface area contributed by atoms with Crippen molar-refractivity contribution in [1.82, 2.24) is 10.2 Å². The summed E-state index contributed by atoms with van der Waals surface area (Å²) in [4.78, 5) is 2.68. The molecule has 124 valence electrons. The quantitative estimate of drug-likeness (QED) is 0.761. The van der Waals surface area contributed by atoms with Crippen LogP contribution in [0.2, 0.25) is 0 Å². The molecule has 1 N–H and O–H groups in total. The second-order valence-electron chi connectivity index (χ2n) is 7.65. The molecule has 0 bridgehead atoms. The van der Waals surface area contributed by atoms with Crippen LogP contribution >= 0.6 is 0 Å². The molecule has 1 saturated heterocycles. The summed E-state index contributed by atoms with van der Waals surface area (Å²) in [5.41, 5.74) is 0.497. The summed E-state index contributed by atoms with van der Waals surface area (Å²) in [7, 11) is 0. The van der Waals surface area contributed by atoms with Crippen molar-refractivity contribution in [3.8, 4) is 0 Å². The van der Waals surface area contributed by atoms with E-state index in [1.807, 2.05) is 0 Å². The van der Waals surface area contributed by atoms with Gasteiger partial charge in [0.25, 0.3) is 0 Å². The molecular formula is C18H36N2O. The molecule has 3 atom stereocenters. The first-order chi connectivity index (χ1) is 10.1. The molecule has 1 heterocycles. The van der Waals surface area contributed by atoms with Crippen molar-refractivity contribution < 1.29 is 4.74 Å². The number of hydrogen-bond acceptors (Lipinski definition) is 3. The Bertz CT molecular complexity index is 297. The molecule has 1 saturated carbocycles. The van der Waals surface area contributed by atoms with Crippen molar-refractivity contribution in [3.05, 3.63) is 0 Å². The standard InChI is InChI=1S/C18H36N2O/c1-4-9-19-14-18(8-5-7-16(2)12-18)15-20-10-6-11-21-17(3)13-20/h16-17,19H,4-15H2,1-3H3. The number of hydrogen-bond donors (Lipinski definition) is 1. The van der Waals surface area contributed by atoms with Crippen LogP contribution in [0.1, 0.15) is 59.3 Å². The highest BCUT2D eigenvalue weighted by Gasteiger charge is 2.36. The fraction of sp³-hybridized carbons (Fsp3) is 1.00. The smallest absolute Gasteiger partial charge is 0.0673 e. The van der Waals surface area contributed by atoms with Crippen LogP contribution in [-0.2, 0) is 4.74 Å². The second kappa shape index (κ2) is 8.50. The van der Waals surface area contributed by atoms with Crippen molar-refractivity contribution in [1.29, 1.82) is 0 Å². The normalized spacial score (nSPS) is 35.6. The molecule has 0 aromatic heterocycles. The molecule has 21 heavy (non-hydrogen) atoms. The van der Waals surface area contributed by atoms with Crippen LogP contribution in [0.4, 0.5) is 0 Å².